The van der Waals surface area contributed by atoms with Crippen molar-refractivity contribution >= 4 is 34.9 Å². The molecule has 1 aliphatic carbocycles. The van der Waals surface area contributed by atoms with Crippen LogP contribution in [0.5, 0.6) is 0 Å². The summed E-state index contributed by atoms with van der Waals surface area (Å²) in [5, 5.41) is 8.46. The number of benzene rings is 2. The number of allylic oxidation sites excluding steroid dienone is 3. The summed E-state index contributed by atoms with van der Waals surface area (Å²) < 4.78 is 16.4. The second-order valence-electron chi connectivity index (χ2n) is 7.31. The largest absolute Gasteiger partial charge is 0.322 e. The van der Waals surface area contributed by atoms with Crippen LogP contribution in [0.15, 0.2) is 78.3 Å². The van der Waals surface area contributed by atoms with Crippen LogP contribution in [0.1, 0.15) is 24.9 Å². The number of hydrazine groups is 1. The van der Waals surface area contributed by atoms with Gasteiger partial charge in [-0.05, 0) is 42.8 Å². The van der Waals surface area contributed by atoms with Crippen molar-refractivity contribution in [3.63, 3.8) is 0 Å². The van der Waals surface area contributed by atoms with Crippen molar-refractivity contribution in [3.05, 3.63) is 88.9 Å². The molecule has 4 N–H and O–H groups in total. The van der Waals surface area contributed by atoms with Crippen LogP contribution in [0.25, 0.3) is 0 Å². The van der Waals surface area contributed by atoms with E-state index >= 15 is 0 Å². The Labute approximate surface area is 197 Å². The van der Waals surface area contributed by atoms with E-state index in [0.29, 0.717) is 29.2 Å². The smallest absolute Gasteiger partial charge is 0.320 e. The third-order valence-corrected chi connectivity index (χ3v) is 5.17. The maximum absolute atomic E-state index is 14.7. The number of rotatable bonds is 7. The summed E-state index contributed by atoms with van der Waals surface area (Å²) in [6.45, 7) is 2.65. The molecule has 1 unspecified atom stereocenters. The molecule has 0 saturated carbocycles. The normalized spacial score (nSPS) is 15.5. The van der Waals surface area contributed by atoms with Gasteiger partial charge in [0.05, 0.1) is 18.7 Å². The Hall–Kier alpha value is -3.65. The van der Waals surface area contributed by atoms with E-state index < -0.39 is 23.8 Å². The molecule has 2 aromatic rings. The zero-order chi connectivity index (χ0) is 23.8. The molecule has 0 aliphatic heterocycles. The summed E-state index contributed by atoms with van der Waals surface area (Å²) in [6.07, 6.45) is 3.41. The first-order valence-corrected chi connectivity index (χ1v) is 10.8. The van der Waals surface area contributed by atoms with Crippen LogP contribution >= 0.6 is 11.6 Å². The number of nitrogens with one attached hydrogen (secondary N) is 4. The predicted molar refractivity (Wildman–Crippen MR) is 128 cm³/mol. The third kappa shape index (κ3) is 6.66. The Morgan fingerprint density at radius 2 is 1.79 bits per heavy atom. The van der Waals surface area contributed by atoms with E-state index in [9.17, 15) is 14.0 Å². The standard InChI is InChI=1S/C24H25ClFN5O2/c1-3-27-31(2)19-13-14-21(20(26)15-19)29-23(32)22(16-7-5-4-6-8-16)30-24(33)28-18-11-9-17(25)10-12-18/h4-12,14-15,22,27H,3,13H2,1-2H3,(H2-,28,29,30,32,33)/p+1. The second kappa shape index (κ2) is 11.3. The molecule has 0 saturated heterocycles. The number of amides is 3. The van der Waals surface area contributed by atoms with Gasteiger partial charge in [0.25, 0.3) is 5.91 Å². The van der Waals surface area contributed by atoms with Crippen molar-refractivity contribution in [2.24, 2.45) is 0 Å². The van der Waals surface area contributed by atoms with E-state index in [0.717, 1.165) is 5.71 Å². The number of carbonyl (C=O) groups excluding carboxylic acids is 2. The Morgan fingerprint density at radius 3 is 2.42 bits per heavy atom. The molecule has 0 bridgehead atoms. The van der Waals surface area contributed by atoms with Crippen LogP contribution in [0.2, 0.25) is 5.02 Å². The van der Waals surface area contributed by atoms with Gasteiger partial charge < -0.3 is 16.0 Å². The molecule has 0 spiro atoms. The first-order chi connectivity index (χ1) is 15.9. The van der Waals surface area contributed by atoms with Gasteiger partial charge in [0, 0.05) is 16.8 Å². The summed E-state index contributed by atoms with van der Waals surface area (Å²) in [5.41, 5.74) is 4.95. The summed E-state index contributed by atoms with van der Waals surface area (Å²) in [6, 6.07) is 13.7. The highest BCUT2D eigenvalue weighted by atomic mass is 35.5. The predicted octanol–water partition coefficient (Wildman–Crippen LogP) is 4.07. The molecule has 33 heavy (non-hydrogen) atoms. The molecule has 1 aliphatic rings. The highest BCUT2D eigenvalue weighted by Crippen LogP contribution is 2.20. The lowest BCUT2D eigenvalue weighted by Crippen LogP contribution is -2.42. The third-order valence-electron chi connectivity index (χ3n) is 4.92. The Morgan fingerprint density at radius 1 is 1.09 bits per heavy atom. The molecule has 3 amide bonds. The fourth-order valence-corrected chi connectivity index (χ4v) is 3.38. The Balaban J connectivity index is 1.74. The number of urea groups is 1. The molecule has 0 fully saturated rings. The number of hydrazone groups is 1. The molecule has 0 aromatic heterocycles. The summed E-state index contributed by atoms with van der Waals surface area (Å²) in [7, 11) is 1.80. The molecule has 2 aromatic carbocycles. The molecule has 0 radical (unpaired) electrons. The molecule has 172 valence electrons. The van der Waals surface area contributed by atoms with Gasteiger partial charge in [-0.1, -0.05) is 41.9 Å². The lowest BCUT2D eigenvalue weighted by atomic mass is 10.0. The number of halogens is 2. The van der Waals surface area contributed by atoms with Crippen molar-refractivity contribution in [1.82, 2.24) is 16.1 Å². The van der Waals surface area contributed by atoms with E-state index in [-0.39, 0.29) is 5.70 Å². The average molecular weight is 471 g/mol. The van der Waals surface area contributed by atoms with Crippen LogP contribution in [0, 0.1) is 0 Å². The minimum atomic E-state index is -1.04. The highest BCUT2D eigenvalue weighted by Gasteiger charge is 2.26. The fourth-order valence-electron chi connectivity index (χ4n) is 3.25. The van der Waals surface area contributed by atoms with Crippen molar-refractivity contribution in [1.29, 1.82) is 0 Å². The van der Waals surface area contributed by atoms with Gasteiger partial charge in [-0.2, -0.15) is 5.43 Å². The van der Waals surface area contributed by atoms with Gasteiger partial charge in [-0.3, -0.25) is 4.79 Å². The van der Waals surface area contributed by atoms with Crippen molar-refractivity contribution in [2.75, 3.05) is 18.9 Å². The van der Waals surface area contributed by atoms with E-state index in [1.807, 2.05) is 6.92 Å². The van der Waals surface area contributed by atoms with Crippen LogP contribution in [0.4, 0.5) is 14.9 Å². The van der Waals surface area contributed by atoms with E-state index in [1.165, 1.54) is 6.08 Å². The van der Waals surface area contributed by atoms with Gasteiger partial charge in [-0.25, -0.2) is 9.18 Å². The molecular formula is C24H26ClFN5O2+. The molecule has 3 rings (SSSR count). The number of carbonyl (C=O) groups is 2. The fraction of sp³-hybridized carbons (Fsp3) is 0.208. The molecule has 1 atom stereocenters. The van der Waals surface area contributed by atoms with Gasteiger partial charge >= 0.3 is 6.03 Å². The number of anilines is 1. The quantitative estimate of drug-likeness (QED) is 0.363. The minimum absolute atomic E-state index is 0.0643. The first kappa shape index (κ1) is 24.0. The molecular weight excluding hydrogens is 445 g/mol. The highest BCUT2D eigenvalue weighted by molar-refractivity contribution is 6.30. The Kier molecular flexibility index (Phi) is 8.21. The lowest BCUT2D eigenvalue weighted by molar-refractivity contribution is -0.559. The van der Waals surface area contributed by atoms with Crippen LogP contribution in [-0.2, 0) is 4.79 Å². The van der Waals surface area contributed by atoms with Gasteiger partial charge in [0.2, 0.25) is 5.71 Å². The number of hydrogen-bond donors (Lipinski definition) is 4. The van der Waals surface area contributed by atoms with E-state index in [4.69, 9.17) is 11.6 Å². The molecule has 9 heteroatoms. The molecule has 7 nitrogen and oxygen atoms in total. The SMILES string of the molecule is CCN[N+](C)=C1C=C(F)C(NC(=O)C(NC(=O)Nc2ccc(Cl)cc2)c2ccccc2)=CC1. The summed E-state index contributed by atoms with van der Waals surface area (Å²) in [5.74, 6) is -1.13. The zero-order valence-electron chi connectivity index (χ0n) is 18.4. The van der Waals surface area contributed by atoms with Crippen molar-refractivity contribution < 1.29 is 18.7 Å². The maximum Gasteiger partial charge on any atom is 0.320 e. The summed E-state index contributed by atoms with van der Waals surface area (Å²) >= 11 is 5.87. The van der Waals surface area contributed by atoms with E-state index in [1.54, 1.807) is 72.4 Å². The minimum Gasteiger partial charge on any atom is -0.322 e. The summed E-state index contributed by atoms with van der Waals surface area (Å²) in [4.78, 5) is 25.6. The van der Waals surface area contributed by atoms with Crippen LogP contribution in [0.3, 0.4) is 0 Å². The van der Waals surface area contributed by atoms with Crippen molar-refractivity contribution in [2.45, 2.75) is 19.4 Å². The average Bonchev–Trinajstić information content (AvgIpc) is 2.81. The van der Waals surface area contributed by atoms with Crippen molar-refractivity contribution in [3.8, 4) is 0 Å². The Bertz CT molecular complexity index is 1100. The second-order valence-corrected chi connectivity index (χ2v) is 7.75. The van der Waals surface area contributed by atoms with Gasteiger partial charge in [0.15, 0.2) is 12.9 Å². The number of nitrogens with zero attached hydrogens (tertiary/aromatic N) is 1. The van der Waals surface area contributed by atoms with Crippen LogP contribution in [-0.4, -0.2) is 35.9 Å². The van der Waals surface area contributed by atoms with Crippen LogP contribution < -0.4 is 21.4 Å². The lowest BCUT2D eigenvalue weighted by Gasteiger charge is -2.21. The maximum atomic E-state index is 14.7. The van der Waals surface area contributed by atoms with Gasteiger partial charge in [0.1, 0.15) is 6.04 Å². The monoisotopic (exact) mass is 470 g/mol. The molecule has 0 heterocycles. The first-order valence-electron chi connectivity index (χ1n) is 10.5. The topological polar surface area (TPSA) is 85.3 Å². The van der Waals surface area contributed by atoms with E-state index in [2.05, 4.69) is 21.4 Å². The zero-order valence-corrected chi connectivity index (χ0v) is 19.1. The number of hydrogen-bond acceptors (Lipinski definition) is 3. The van der Waals surface area contributed by atoms with Gasteiger partial charge in [-0.15, -0.1) is 4.68 Å².